The van der Waals surface area contributed by atoms with E-state index in [0.717, 1.165) is 17.5 Å². The maximum Gasteiger partial charge on any atom is 0.234 e. The van der Waals surface area contributed by atoms with Gasteiger partial charge in [0.25, 0.3) is 0 Å². The molecule has 0 spiro atoms. The molecule has 0 aliphatic rings. The van der Waals surface area contributed by atoms with Crippen LogP contribution in [-0.2, 0) is 4.79 Å². The van der Waals surface area contributed by atoms with Crippen LogP contribution < -0.4 is 11.1 Å². The molecule has 0 aliphatic carbocycles. The number of nitrogens with one attached hydrogen (secondary N) is 1. The third-order valence-electron chi connectivity index (χ3n) is 4.13. The van der Waals surface area contributed by atoms with Crippen LogP contribution in [0.1, 0.15) is 37.4 Å². The maximum atomic E-state index is 11.9. The van der Waals surface area contributed by atoms with Gasteiger partial charge in [-0.2, -0.15) is 0 Å². The first-order chi connectivity index (χ1) is 10.6. The Bertz CT molecular complexity index is 543. The van der Waals surface area contributed by atoms with Gasteiger partial charge in [-0.05, 0) is 17.0 Å². The number of primary amides is 1. The van der Waals surface area contributed by atoms with Gasteiger partial charge in [-0.3, -0.25) is 10.1 Å². The number of hydrogen-bond acceptors (Lipinski definition) is 2. The topological polar surface area (TPSA) is 55.1 Å². The largest absolute Gasteiger partial charge is 0.368 e. The van der Waals surface area contributed by atoms with Crippen LogP contribution in [0.4, 0.5) is 0 Å². The van der Waals surface area contributed by atoms with Gasteiger partial charge in [-0.1, -0.05) is 80.9 Å². The second-order valence-corrected chi connectivity index (χ2v) is 5.69. The molecule has 2 rings (SSSR count). The SMILES string of the molecule is CC[C@H](C)[C@H](NC(c1ccccc1)c1ccccc1)C(N)=O. The monoisotopic (exact) mass is 296 g/mol. The Kier molecular flexibility index (Phi) is 5.73. The lowest BCUT2D eigenvalue weighted by molar-refractivity contribution is -0.121. The maximum absolute atomic E-state index is 11.9. The van der Waals surface area contributed by atoms with Gasteiger partial charge in [0.1, 0.15) is 0 Å². The van der Waals surface area contributed by atoms with Crippen molar-refractivity contribution in [1.82, 2.24) is 5.32 Å². The Morgan fingerprint density at radius 2 is 1.45 bits per heavy atom. The summed E-state index contributed by atoms with van der Waals surface area (Å²) in [7, 11) is 0. The average molecular weight is 296 g/mol. The first-order valence-corrected chi connectivity index (χ1v) is 7.78. The van der Waals surface area contributed by atoms with E-state index >= 15 is 0 Å². The van der Waals surface area contributed by atoms with E-state index in [1.54, 1.807) is 0 Å². The van der Waals surface area contributed by atoms with Gasteiger partial charge in [-0.25, -0.2) is 0 Å². The summed E-state index contributed by atoms with van der Waals surface area (Å²) < 4.78 is 0. The number of nitrogens with two attached hydrogens (primary N) is 1. The molecule has 3 heteroatoms. The smallest absolute Gasteiger partial charge is 0.234 e. The van der Waals surface area contributed by atoms with E-state index in [1.165, 1.54) is 0 Å². The van der Waals surface area contributed by atoms with E-state index < -0.39 is 0 Å². The second-order valence-electron chi connectivity index (χ2n) is 5.69. The molecule has 1 amide bonds. The van der Waals surface area contributed by atoms with Crippen LogP contribution in [0.3, 0.4) is 0 Å². The van der Waals surface area contributed by atoms with Crippen molar-refractivity contribution in [2.75, 3.05) is 0 Å². The molecule has 3 nitrogen and oxygen atoms in total. The summed E-state index contributed by atoms with van der Waals surface area (Å²) in [6.45, 7) is 4.12. The summed E-state index contributed by atoms with van der Waals surface area (Å²) in [5, 5.41) is 3.46. The molecule has 2 atom stereocenters. The zero-order valence-corrected chi connectivity index (χ0v) is 13.2. The molecule has 0 saturated carbocycles. The Labute approximate surface area is 132 Å². The summed E-state index contributed by atoms with van der Waals surface area (Å²) in [6.07, 6.45) is 0.900. The first-order valence-electron chi connectivity index (χ1n) is 7.78. The van der Waals surface area contributed by atoms with Gasteiger partial charge in [-0.15, -0.1) is 0 Å². The highest BCUT2D eigenvalue weighted by Crippen LogP contribution is 2.24. The Balaban J connectivity index is 2.35. The molecule has 22 heavy (non-hydrogen) atoms. The summed E-state index contributed by atoms with van der Waals surface area (Å²) in [4.78, 5) is 11.9. The molecule has 0 heterocycles. The van der Waals surface area contributed by atoms with Crippen molar-refractivity contribution in [2.45, 2.75) is 32.4 Å². The molecule has 0 aliphatic heterocycles. The van der Waals surface area contributed by atoms with Crippen molar-refractivity contribution in [3.05, 3.63) is 71.8 Å². The van der Waals surface area contributed by atoms with Crippen molar-refractivity contribution in [2.24, 2.45) is 11.7 Å². The Morgan fingerprint density at radius 3 is 1.82 bits per heavy atom. The minimum atomic E-state index is -0.351. The number of carbonyl (C=O) groups excluding carboxylic acids is 1. The molecular formula is C19H24N2O. The molecular weight excluding hydrogens is 272 g/mol. The van der Waals surface area contributed by atoms with Crippen LogP contribution in [-0.4, -0.2) is 11.9 Å². The zero-order chi connectivity index (χ0) is 15.9. The van der Waals surface area contributed by atoms with Gasteiger partial charge < -0.3 is 5.73 Å². The lowest BCUT2D eigenvalue weighted by atomic mass is 9.93. The fourth-order valence-corrected chi connectivity index (χ4v) is 2.62. The quantitative estimate of drug-likeness (QED) is 0.824. The minimum Gasteiger partial charge on any atom is -0.368 e. The molecule has 0 bridgehead atoms. The van der Waals surface area contributed by atoms with Crippen molar-refractivity contribution in [3.63, 3.8) is 0 Å². The fraction of sp³-hybridized carbons (Fsp3) is 0.316. The van der Waals surface area contributed by atoms with E-state index in [0.29, 0.717) is 0 Å². The predicted molar refractivity (Wildman–Crippen MR) is 90.3 cm³/mol. The predicted octanol–water partition coefficient (Wildman–Crippen LogP) is 3.27. The summed E-state index contributed by atoms with van der Waals surface area (Å²) in [6, 6.07) is 19.9. The van der Waals surface area contributed by atoms with Gasteiger partial charge >= 0.3 is 0 Å². The molecule has 0 saturated heterocycles. The molecule has 2 aromatic rings. The summed E-state index contributed by atoms with van der Waals surface area (Å²) in [5.41, 5.74) is 7.87. The van der Waals surface area contributed by atoms with Gasteiger partial charge in [0, 0.05) is 0 Å². The molecule has 0 fully saturated rings. The van der Waals surface area contributed by atoms with Crippen LogP contribution in [0.2, 0.25) is 0 Å². The third kappa shape index (κ3) is 3.95. The first kappa shape index (κ1) is 16.2. The highest BCUT2D eigenvalue weighted by atomic mass is 16.1. The number of benzene rings is 2. The normalized spacial score (nSPS) is 13.8. The van der Waals surface area contributed by atoms with E-state index in [9.17, 15) is 4.79 Å². The summed E-state index contributed by atoms with van der Waals surface area (Å²) in [5.74, 6) is -0.112. The van der Waals surface area contributed by atoms with E-state index in [4.69, 9.17) is 5.73 Å². The fourth-order valence-electron chi connectivity index (χ4n) is 2.62. The molecule has 3 N–H and O–H groups in total. The van der Waals surface area contributed by atoms with Gasteiger partial charge in [0.15, 0.2) is 0 Å². The van der Waals surface area contributed by atoms with Crippen LogP contribution in [0.5, 0.6) is 0 Å². The van der Waals surface area contributed by atoms with E-state index in [2.05, 4.69) is 43.4 Å². The van der Waals surface area contributed by atoms with Crippen molar-refractivity contribution in [3.8, 4) is 0 Å². The van der Waals surface area contributed by atoms with Crippen molar-refractivity contribution < 1.29 is 4.79 Å². The van der Waals surface area contributed by atoms with Crippen LogP contribution in [0, 0.1) is 5.92 Å². The molecule has 116 valence electrons. The average Bonchev–Trinajstić information content (AvgIpc) is 2.56. The Morgan fingerprint density at radius 1 is 1.00 bits per heavy atom. The molecule has 0 unspecified atom stereocenters. The number of amides is 1. The van der Waals surface area contributed by atoms with Crippen molar-refractivity contribution in [1.29, 1.82) is 0 Å². The number of rotatable bonds is 7. The van der Waals surface area contributed by atoms with E-state index in [-0.39, 0.29) is 23.9 Å². The van der Waals surface area contributed by atoms with Crippen LogP contribution in [0.15, 0.2) is 60.7 Å². The van der Waals surface area contributed by atoms with E-state index in [1.807, 2.05) is 36.4 Å². The number of hydrogen-bond donors (Lipinski definition) is 2. The van der Waals surface area contributed by atoms with Gasteiger partial charge in [0.2, 0.25) is 5.91 Å². The highest BCUT2D eigenvalue weighted by Gasteiger charge is 2.26. The van der Waals surface area contributed by atoms with Crippen LogP contribution in [0.25, 0.3) is 0 Å². The number of carbonyl (C=O) groups is 1. The molecule has 2 aromatic carbocycles. The zero-order valence-electron chi connectivity index (χ0n) is 13.2. The Hall–Kier alpha value is -2.13. The molecule has 0 radical (unpaired) electrons. The standard InChI is InChI=1S/C19H24N2O/c1-3-14(2)17(19(20)22)21-18(15-10-6-4-7-11-15)16-12-8-5-9-13-16/h4-14,17-18,21H,3H2,1-2H3,(H2,20,22)/t14-,17-/m0/s1. The second kappa shape index (κ2) is 7.76. The lowest BCUT2D eigenvalue weighted by Gasteiger charge is -2.28. The van der Waals surface area contributed by atoms with Crippen molar-refractivity contribution >= 4 is 5.91 Å². The summed E-state index contributed by atoms with van der Waals surface area (Å²) >= 11 is 0. The van der Waals surface area contributed by atoms with Crippen LogP contribution >= 0.6 is 0 Å². The highest BCUT2D eigenvalue weighted by molar-refractivity contribution is 5.80. The lowest BCUT2D eigenvalue weighted by Crippen LogP contribution is -2.47. The third-order valence-corrected chi connectivity index (χ3v) is 4.13. The van der Waals surface area contributed by atoms with Gasteiger partial charge in [0.05, 0.1) is 12.1 Å². The molecule has 0 aromatic heterocycles. The minimum absolute atomic E-state index is 0.0473.